The number of primary amides is 1. The first-order chi connectivity index (χ1) is 11.9. The number of amides is 2. The number of sulfonamides is 1. The van der Waals surface area contributed by atoms with E-state index in [1.54, 1.807) is 0 Å². The molecule has 3 N–H and O–H groups in total. The summed E-state index contributed by atoms with van der Waals surface area (Å²) in [6.07, 6.45) is 2.13. The third-order valence-electron chi connectivity index (χ3n) is 4.40. The summed E-state index contributed by atoms with van der Waals surface area (Å²) < 4.78 is 26.7. The number of carbonyl (C=O) groups excluding carboxylic acids is 2. The Morgan fingerprint density at radius 3 is 2.44 bits per heavy atom. The van der Waals surface area contributed by atoms with Gasteiger partial charge in [0.15, 0.2) is 0 Å². The Morgan fingerprint density at radius 1 is 1.08 bits per heavy atom. The molecule has 6 nitrogen and oxygen atoms in total. The molecular formula is C17H18N2O4S2. The van der Waals surface area contributed by atoms with Crippen molar-refractivity contribution in [2.75, 3.05) is 0 Å². The van der Waals surface area contributed by atoms with Gasteiger partial charge in [-0.3, -0.25) is 9.59 Å². The van der Waals surface area contributed by atoms with Gasteiger partial charge in [0.05, 0.1) is 4.88 Å². The molecule has 3 rings (SSSR count). The van der Waals surface area contributed by atoms with Gasteiger partial charge in [-0.15, -0.1) is 11.3 Å². The van der Waals surface area contributed by atoms with Gasteiger partial charge in [-0.25, -0.2) is 13.1 Å². The maximum absolute atomic E-state index is 12.4. The smallest absolute Gasteiger partial charge is 0.273 e. The van der Waals surface area contributed by atoms with E-state index in [9.17, 15) is 18.0 Å². The number of hydrogen-bond donors (Lipinski definition) is 2. The maximum Gasteiger partial charge on any atom is 0.273 e. The van der Waals surface area contributed by atoms with E-state index in [1.165, 1.54) is 17.7 Å². The average molecular weight is 378 g/mol. The van der Waals surface area contributed by atoms with E-state index >= 15 is 0 Å². The summed E-state index contributed by atoms with van der Waals surface area (Å²) in [4.78, 5) is 23.6. The Hall–Kier alpha value is -2.19. The molecule has 0 aliphatic heterocycles. The zero-order valence-corrected chi connectivity index (χ0v) is 15.0. The number of benzene rings is 1. The minimum Gasteiger partial charge on any atom is -0.365 e. The zero-order valence-electron chi connectivity index (χ0n) is 13.3. The molecule has 1 heterocycles. The topological polar surface area (TPSA) is 106 Å². The van der Waals surface area contributed by atoms with Gasteiger partial charge in [-0.2, -0.15) is 0 Å². The number of hydrogen-bond acceptors (Lipinski definition) is 5. The number of carbonyl (C=O) groups is 2. The second-order valence-corrected chi connectivity index (χ2v) is 9.06. The Bertz CT molecular complexity index is 890. The molecule has 0 unspecified atom stereocenters. The highest BCUT2D eigenvalue weighted by molar-refractivity contribution is 7.92. The first-order valence-electron chi connectivity index (χ1n) is 7.88. The van der Waals surface area contributed by atoms with Crippen LogP contribution in [0.2, 0.25) is 0 Å². The molecule has 25 heavy (non-hydrogen) atoms. The van der Waals surface area contributed by atoms with Crippen molar-refractivity contribution < 1.29 is 18.0 Å². The summed E-state index contributed by atoms with van der Waals surface area (Å²) in [6, 6.07) is 12.5. The summed E-state index contributed by atoms with van der Waals surface area (Å²) in [7, 11) is -3.98. The van der Waals surface area contributed by atoms with Crippen LogP contribution in [0.5, 0.6) is 0 Å². The van der Waals surface area contributed by atoms with Crippen LogP contribution in [0.1, 0.15) is 40.4 Å². The van der Waals surface area contributed by atoms with Crippen LogP contribution in [0.25, 0.3) is 0 Å². The second kappa shape index (κ2) is 6.97. The normalized spacial score (nSPS) is 20.3. The van der Waals surface area contributed by atoms with Gasteiger partial charge in [0, 0.05) is 5.92 Å². The largest absolute Gasteiger partial charge is 0.365 e. The summed E-state index contributed by atoms with van der Waals surface area (Å²) >= 11 is 0.753. The van der Waals surface area contributed by atoms with E-state index < -0.39 is 21.8 Å². The third-order valence-corrected chi connectivity index (χ3v) is 7.34. The quantitative estimate of drug-likeness (QED) is 0.832. The molecule has 2 aromatic rings. The SMILES string of the molecule is NC(=O)c1ccc(S(=O)(=O)NC(=O)[C@H]2CC[C@H](c3ccccc3)C2)s1. The Balaban J connectivity index is 1.66. The molecule has 1 fully saturated rings. The molecule has 1 aliphatic rings. The molecule has 8 heteroatoms. The Morgan fingerprint density at radius 2 is 1.80 bits per heavy atom. The highest BCUT2D eigenvalue weighted by Crippen LogP contribution is 2.38. The van der Waals surface area contributed by atoms with Crippen molar-refractivity contribution in [3.63, 3.8) is 0 Å². The molecule has 2 atom stereocenters. The number of thiophene rings is 1. The van der Waals surface area contributed by atoms with Crippen LogP contribution in [-0.2, 0) is 14.8 Å². The van der Waals surface area contributed by atoms with Crippen molar-refractivity contribution in [3.05, 3.63) is 52.9 Å². The third kappa shape index (κ3) is 3.91. The van der Waals surface area contributed by atoms with Gasteiger partial charge >= 0.3 is 0 Å². The zero-order chi connectivity index (χ0) is 18.0. The fourth-order valence-electron chi connectivity index (χ4n) is 3.11. The van der Waals surface area contributed by atoms with E-state index in [0.717, 1.165) is 17.8 Å². The molecule has 1 aromatic carbocycles. The average Bonchev–Trinajstić information content (AvgIpc) is 3.25. The van der Waals surface area contributed by atoms with Crippen LogP contribution >= 0.6 is 11.3 Å². The molecule has 0 spiro atoms. The predicted octanol–water partition coefficient (Wildman–Crippen LogP) is 2.24. The number of nitrogens with two attached hydrogens (primary N) is 1. The van der Waals surface area contributed by atoms with Crippen LogP contribution in [0, 0.1) is 5.92 Å². The summed E-state index contributed by atoms with van der Waals surface area (Å²) in [5.74, 6) is -1.26. The number of rotatable bonds is 5. The standard InChI is InChI=1S/C17H18N2O4S2/c18-16(20)14-8-9-15(24-14)25(22,23)19-17(21)13-7-6-12(10-13)11-4-2-1-3-5-11/h1-5,8-9,12-13H,6-7,10H2,(H2,18,20)(H,19,21)/t12-,13-/m0/s1. The first kappa shape index (κ1) is 17.6. The lowest BCUT2D eigenvalue weighted by molar-refractivity contribution is -0.123. The Kier molecular flexibility index (Phi) is 4.91. The lowest BCUT2D eigenvalue weighted by Crippen LogP contribution is -2.34. The molecule has 1 aliphatic carbocycles. The van der Waals surface area contributed by atoms with Gasteiger partial charge < -0.3 is 5.73 Å². The summed E-state index contributed by atoms with van der Waals surface area (Å²) in [5, 5.41) is 0. The van der Waals surface area contributed by atoms with Crippen molar-refractivity contribution in [3.8, 4) is 0 Å². The Labute approximate surface area is 150 Å². The van der Waals surface area contributed by atoms with E-state index in [2.05, 4.69) is 4.72 Å². The van der Waals surface area contributed by atoms with E-state index in [0.29, 0.717) is 12.8 Å². The number of nitrogens with one attached hydrogen (secondary N) is 1. The van der Waals surface area contributed by atoms with Crippen molar-refractivity contribution in [1.29, 1.82) is 0 Å². The van der Waals surface area contributed by atoms with Crippen LogP contribution < -0.4 is 10.5 Å². The highest BCUT2D eigenvalue weighted by Gasteiger charge is 2.33. The van der Waals surface area contributed by atoms with Gasteiger partial charge in [-0.05, 0) is 42.9 Å². The molecule has 0 radical (unpaired) electrons. The summed E-state index contributed by atoms with van der Waals surface area (Å²) in [6.45, 7) is 0. The van der Waals surface area contributed by atoms with Crippen LogP contribution in [0.3, 0.4) is 0 Å². The molecule has 0 saturated heterocycles. The van der Waals surface area contributed by atoms with E-state index in [1.807, 2.05) is 30.3 Å². The van der Waals surface area contributed by atoms with E-state index in [-0.39, 0.29) is 20.9 Å². The molecule has 0 bridgehead atoms. The second-order valence-electron chi connectivity index (χ2n) is 6.07. The van der Waals surface area contributed by atoms with Gasteiger partial charge in [0.1, 0.15) is 4.21 Å². The van der Waals surface area contributed by atoms with Gasteiger partial charge in [-0.1, -0.05) is 30.3 Å². The van der Waals surface area contributed by atoms with Crippen molar-refractivity contribution in [2.24, 2.45) is 11.7 Å². The lowest BCUT2D eigenvalue weighted by Gasteiger charge is -2.12. The van der Waals surface area contributed by atoms with Crippen LogP contribution in [0.4, 0.5) is 0 Å². The lowest BCUT2D eigenvalue weighted by atomic mass is 9.96. The molecule has 2 amide bonds. The van der Waals surface area contributed by atoms with Crippen molar-refractivity contribution >= 4 is 33.2 Å². The van der Waals surface area contributed by atoms with Gasteiger partial charge in [0.2, 0.25) is 5.91 Å². The fourth-order valence-corrected chi connectivity index (χ4v) is 5.31. The van der Waals surface area contributed by atoms with Crippen molar-refractivity contribution in [2.45, 2.75) is 29.4 Å². The van der Waals surface area contributed by atoms with Crippen molar-refractivity contribution in [1.82, 2.24) is 4.72 Å². The van der Waals surface area contributed by atoms with Gasteiger partial charge in [0.25, 0.3) is 15.9 Å². The monoisotopic (exact) mass is 378 g/mol. The minimum atomic E-state index is -3.98. The van der Waals surface area contributed by atoms with E-state index in [4.69, 9.17) is 5.73 Å². The highest BCUT2D eigenvalue weighted by atomic mass is 32.2. The molecule has 1 aromatic heterocycles. The molecular weight excluding hydrogens is 360 g/mol. The van der Waals surface area contributed by atoms with Crippen LogP contribution in [-0.4, -0.2) is 20.2 Å². The fraction of sp³-hybridized carbons (Fsp3) is 0.294. The molecule has 1 saturated carbocycles. The maximum atomic E-state index is 12.4. The summed E-state index contributed by atoms with van der Waals surface area (Å²) in [5.41, 5.74) is 6.30. The predicted molar refractivity (Wildman–Crippen MR) is 94.7 cm³/mol. The first-order valence-corrected chi connectivity index (χ1v) is 10.2. The minimum absolute atomic E-state index is 0.0905. The van der Waals surface area contributed by atoms with Crippen LogP contribution in [0.15, 0.2) is 46.7 Å². The molecule has 132 valence electrons.